The zero-order valence-corrected chi connectivity index (χ0v) is 10.7. The van der Waals surface area contributed by atoms with Crippen molar-refractivity contribution in [3.05, 3.63) is 35.7 Å². The molecule has 3 rings (SSSR count). The van der Waals surface area contributed by atoms with E-state index < -0.39 is 0 Å². The number of aromatic nitrogens is 3. The van der Waals surface area contributed by atoms with E-state index in [1.54, 1.807) is 0 Å². The summed E-state index contributed by atoms with van der Waals surface area (Å²) in [7, 11) is 0. The highest BCUT2D eigenvalue weighted by Gasteiger charge is 2.08. The first-order chi connectivity index (χ1) is 9.17. The molecule has 0 unspecified atom stereocenters. The summed E-state index contributed by atoms with van der Waals surface area (Å²) in [5, 5.41) is 1.83. The van der Waals surface area contributed by atoms with Gasteiger partial charge in [-0.15, -0.1) is 0 Å². The second-order valence-corrected chi connectivity index (χ2v) is 4.62. The topological polar surface area (TPSA) is 90.7 Å². The molecule has 0 saturated heterocycles. The molecule has 0 saturated carbocycles. The SMILES string of the molecule is Cc1ccc2cc3c(N)nc(CCN)nc3nc2c1. The summed E-state index contributed by atoms with van der Waals surface area (Å²) in [6, 6.07) is 8.11. The molecule has 0 fully saturated rings. The van der Waals surface area contributed by atoms with Crippen molar-refractivity contribution in [1.82, 2.24) is 15.0 Å². The van der Waals surface area contributed by atoms with Gasteiger partial charge in [-0.3, -0.25) is 0 Å². The lowest BCUT2D eigenvalue weighted by molar-refractivity contribution is 0.879. The predicted molar refractivity (Wildman–Crippen MR) is 76.7 cm³/mol. The Morgan fingerprint density at radius 3 is 2.74 bits per heavy atom. The maximum Gasteiger partial charge on any atom is 0.165 e. The van der Waals surface area contributed by atoms with Crippen LogP contribution >= 0.6 is 0 Å². The molecule has 5 nitrogen and oxygen atoms in total. The minimum absolute atomic E-state index is 0.462. The molecule has 3 aromatic rings. The molecule has 1 aromatic carbocycles. The highest BCUT2D eigenvalue weighted by Crippen LogP contribution is 2.22. The number of hydrogen-bond acceptors (Lipinski definition) is 5. The third-order valence-electron chi connectivity index (χ3n) is 3.08. The molecular weight excluding hydrogens is 238 g/mol. The highest BCUT2D eigenvalue weighted by atomic mass is 15.0. The number of fused-ring (bicyclic) bond motifs is 2. The first-order valence-electron chi connectivity index (χ1n) is 6.21. The first kappa shape index (κ1) is 11.8. The van der Waals surface area contributed by atoms with E-state index in [4.69, 9.17) is 11.5 Å². The summed E-state index contributed by atoms with van der Waals surface area (Å²) in [6.07, 6.45) is 0.605. The zero-order valence-electron chi connectivity index (χ0n) is 10.7. The number of pyridine rings is 1. The fourth-order valence-corrected chi connectivity index (χ4v) is 2.13. The predicted octanol–water partition coefficient (Wildman–Crippen LogP) is 1.57. The summed E-state index contributed by atoms with van der Waals surface area (Å²) in [6.45, 7) is 2.54. The van der Waals surface area contributed by atoms with Crippen LogP contribution in [0.5, 0.6) is 0 Å². The van der Waals surface area contributed by atoms with Crippen molar-refractivity contribution in [2.75, 3.05) is 12.3 Å². The van der Waals surface area contributed by atoms with E-state index in [-0.39, 0.29) is 0 Å². The quantitative estimate of drug-likeness (QED) is 0.676. The zero-order chi connectivity index (χ0) is 13.4. The van der Waals surface area contributed by atoms with Gasteiger partial charge in [0.25, 0.3) is 0 Å². The molecule has 0 amide bonds. The van der Waals surface area contributed by atoms with Crippen molar-refractivity contribution in [2.45, 2.75) is 13.3 Å². The molecule has 0 aliphatic carbocycles. The number of aryl methyl sites for hydroxylation is 1. The van der Waals surface area contributed by atoms with Crippen molar-refractivity contribution in [2.24, 2.45) is 5.73 Å². The van der Waals surface area contributed by atoms with Gasteiger partial charge in [0, 0.05) is 11.8 Å². The first-order valence-corrected chi connectivity index (χ1v) is 6.21. The van der Waals surface area contributed by atoms with E-state index in [0.29, 0.717) is 30.3 Å². The molecule has 0 bridgehead atoms. The average Bonchev–Trinajstić information content (AvgIpc) is 2.37. The van der Waals surface area contributed by atoms with Gasteiger partial charge in [0.05, 0.1) is 10.9 Å². The number of benzene rings is 1. The third kappa shape index (κ3) is 2.08. The summed E-state index contributed by atoms with van der Waals surface area (Å²) < 4.78 is 0. The maximum absolute atomic E-state index is 5.98. The lowest BCUT2D eigenvalue weighted by Gasteiger charge is -2.06. The molecule has 0 radical (unpaired) electrons. The van der Waals surface area contributed by atoms with E-state index in [9.17, 15) is 0 Å². The molecule has 5 heteroatoms. The highest BCUT2D eigenvalue weighted by molar-refractivity contribution is 5.95. The Morgan fingerprint density at radius 1 is 1.11 bits per heavy atom. The van der Waals surface area contributed by atoms with Crippen LogP contribution in [-0.4, -0.2) is 21.5 Å². The lowest BCUT2D eigenvalue weighted by Crippen LogP contribution is -2.08. The minimum atomic E-state index is 0.462. The van der Waals surface area contributed by atoms with Crippen molar-refractivity contribution in [3.63, 3.8) is 0 Å². The molecule has 0 aliphatic heterocycles. The van der Waals surface area contributed by atoms with E-state index in [2.05, 4.69) is 21.0 Å². The summed E-state index contributed by atoms with van der Waals surface area (Å²) in [5.41, 5.74) is 14.2. The van der Waals surface area contributed by atoms with E-state index >= 15 is 0 Å². The van der Waals surface area contributed by atoms with Gasteiger partial charge in [-0.05, 0) is 31.2 Å². The number of nitrogens with two attached hydrogens (primary N) is 2. The number of hydrogen-bond donors (Lipinski definition) is 2. The van der Waals surface area contributed by atoms with Crippen molar-refractivity contribution >= 4 is 27.8 Å². The van der Waals surface area contributed by atoms with Crippen LogP contribution in [0.3, 0.4) is 0 Å². The summed E-state index contributed by atoms with van der Waals surface area (Å²) >= 11 is 0. The smallest absolute Gasteiger partial charge is 0.165 e. The van der Waals surface area contributed by atoms with Gasteiger partial charge in [0.2, 0.25) is 0 Å². The van der Waals surface area contributed by atoms with Gasteiger partial charge in [0.1, 0.15) is 11.6 Å². The minimum Gasteiger partial charge on any atom is -0.383 e. The fraction of sp³-hybridized carbons (Fsp3) is 0.214. The Balaban J connectivity index is 2.31. The van der Waals surface area contributed by atoms with Crippen LogP contribution in [0.15, 0.2) is 24.3 Å². The van der Waals surface area contributed by atoms with E-state index in [1.807, 2.05) is 25.1 Å². The Bertz CT molecular complexity index is 766. The molecular formula is C14H15N5. The molecule has 0 atom stereocenters. The average molecular weight is 253 g/mol. The number of nitrogens with zero attached hydrogens (tertiary/aromatic N) is 3. The van der Waals surface area contributed by atoms with Crippen LogP contribution in [0.25, 0.3) is 21.9 Å². The molecule has 0 aliphatic rings. The van der Waals surface area contributed by atoms with Gasteiger partial charge < -0.3 is 11.5 Å². The second-order valence-electron chi connectivity index (χ2n) is 4.62. The second kappa shape index (κ2) is 4.44. The maximum atomic E-state index is 5.98. The van der Waals surface area contributed by atoms with Crippen LogP contribution < -0.4 is 11.5 Å². The van der Waals surface area contributed by atoms with Crippen LogP contribution in [0.1, 0.15) is 11.4 Å². The third-order valence-corrected chi connectivity index (χ3v) is 3.08. The Kier molecular flexibility index (Phi) is 2.76. The van der Waals surface area contributed by atoms with Crippen LogP contribution in [0, 0.1) is 6.92 Å². The summed E-state index contributed by atoms with van der Waals surface area (Å²) in [4.78, 5) is 13.3. The molecule has 2 aromatic heterocycles. The van der Waals surface area contributed by atoms with E-state index in [0.717, 1.165) is 16.3 Å². The standard InChI is InChI=1S/C14H15N5/c1-8-2-3-9-7-10-13(16)18-12(4-5-15)19-14(10)17-11(9)6-8/h2-3,6-7H,4-5,15H2,1H3,(H2,16,17,18,19). The lowest BCUT2D eigenvalue weighted by atomic mass is 10.1. The Morgan fingerprint density at radius 2 is 1.95 bits per heavy atom. The molecule has 96 valence electrons. The van der Waals surface area contributed by atoms with Crippen LogP contribution in [0.4, 0.5) is 5.82 Å². The van der Waals surface area contributed by atoms with Gasteiger partial charge in [-0.2, -0.15) is 0 Å². The Hall–Kier alpha value is -2.27. The van der Waals surface area contributed by atoms with Gasteiger partial charge in [0.15, 0.2) is 5.65 Å². The Labute approximate surface area is 110 Å². The van der Waals surface area contributed by atoms with Crippen molar-refractivity contribution in [3.8, 4) is 0 Å². The van der Waals surface area contributed by atoms with Gasteiger partial charge in [-0.1, -0.05) is 12.1 Å². The van der Waals surface area contributed by atoms with Crippen molar-refractivity contribution < 1.29 is 0 Å². The molecule has 4 N–H and O–H groups in total. The number of rotatable bonds is 2. The van der Waals surface area contributed by atoms with E-state index in [1.165, 1.54) is 5.56 Å². The normalized spacial score (nSPS) is 11.3. The van der Waals surface area contributed by atoms with Gasteiger partial charge >= 0.3 is 0 Å². The molecule has 0 spiro atoms. The van der Waals surface area contributed by atoms with Crippen molar-refractivity contribution in [1.29, 1.82) is 0 Å². The fourth-order valence-electron chi connectivity index (χ4n) is 2.13. The largest absolute Gasteiger partial charge is 0.383 e. The van der Waals surface area contributed by atoms with Crippen LogP contribution in [-0.2, 0) is 6.42 Å². The monoisotopic (exact) mass is 253 g/mol. The van der Waals surface area contributed by atoms with Crippen LogP contribution in [0.2, 0.25) is 0 Å². The molecule has 2 heterocycles. The molecule has 19 heavy (non-hydrogen) atoms. The van der Waals surface area contributed by atoms with Gasteiger partial charge in [-0.25, -0.2) is 15.0 Å². The number of anilines is 1. The summed E-state index contributed by atoms with van der Waals surface area (Å²) in [5.74, 6) is 1.11. The number of nitrogen functional groups attached to an aromatic ring is 1.